The number of amides is 2. The van der Waals surface area contributed by atoms with E-state index in [4.69, 9.17) is 0 Å². The van der Waals surface area contributed by atoms with E-state index in [9.17, 15) is 24.8 Å². The summed E-state index contributed by atoms with van der Waals surface area (Å²) in [5.41, 5.74) is -0.823. The van der Waals surface area contributed by atoms with Crippen LogP contribution in [0.4, 0.5) is 5.69 Å². The Hall–Kier alpha value is -2.64. The maximum absolute atomic E-state index is 11.6. The number of hydrogen-bond acceptors (Lipinski definition) is 5. The van der Waals surface area contributed by atoms with Crippen molar-refractivity contribution in [1.82, 2.24) is 10.6 Å². The topological polar surface area (TPSA) is 122 Å². The average molecular weight is 253 g/mol. The Morgan fingerprint density at radius 3 is 2.67 bits per heavy atom. The van der Waals surface area contributed by atoms with Crippen LogP contribution in [-0.2, 0) is 4.79 Å². The highest BCUT2D eigenvalue weighted by atomic mass is 16.6. The third-order valence-corrected chi connectivity index (χ3v) is 2.14. The van der Waals surface area contributed by atoms with Gasteiger partial charge in [-0.15, -0.1) is 0 Å². The lowest BCUT2D eigenvalue weighted by atomic mass is 10.1. The number of nitro benzene ring substituents is 1. The number of carbonyl (C=O) groups excluding carboxylic acids is 2. The smallest absolute Gasteiger partial charge is 0.311 e. The van der Waals surface area contributed by atoms with Crippen LogP contribution >= 0.6 is 0 Å². The molecule has 0 atom stereocenters. The van der Waals surface area contributed by atoms with Gasteiger partial charge in [0.25, 0.3) is 5.91 Å². The van der Waals surface area contributed by atoms with E-state index in [1.165, 1.54) is 19.2 Å². The molecule has 0 radical (unpaired) electrons. The third-order valence-electron chi connectivity index (χ3n) is 2.14. The van der Waals surface area contributed by atoms with Crippen LogP contribution in [0, 0.1) is 10.1 Å². The SMILES string of the molecule is CNC(=O)CNC(=O)c1cccc([N+](=O)[O-])c1O. The number of nitrogens with one attached hydrogen (secondary N) is 2. The van der Waals surface area contributed by atoms with Crippen molar-refractivity contribution in [3.8, 4) is 5.75 Å². The number of likely N-dealkylation sites (N-methyl/N-ethyl adjacent to an activating group) is 1. The van der Waals surface area contributed by atoms with Gasteiger partial charge in [0.1, 0.15) is 0 Å². The molecule has 0 aliphatic rings. The molecule has 0 unspecified atom stereocenters. The molecule has 1 rings (SSSR count). The van der Waals surface area contributed by atoms with Crippen LogP contribution < -0.4 is 10.6 Å². The van der Waals surface area contributed by atoms with Gasteiger partial charge in [0.05, 0.1) is 17.0 Å². The standard InChI is InChI=1S/C10H11N3O5/c1-11-8(14)5-12-10(16)6-3-2-4-7(9(6)15)13(17)18/h2-4,15H,5H2,1H3,(H,11,14)(H,12,16). The van der Waals surface area contributed by atoms with Crippen molar-refractivity contribution in [2.75, 3.05) is 13.6 Å². The highest BCUT2D eigenvalue weighted by Crippen LogP contribution is 2.28. The molecule has 1 aromatic carbocycles. The number of nitrogens with zero attached hydrogens (tertiary/aromatic N) is 1. The fraction of sp³-hybridized carbons (Fsp3) is 0.200. The lowest BCUT2D eigenvalue weighted by Crippen LogP contribution is -2.35. The number of nitro groups is 1. The normalized spacial score (nSPS) is 9.61. The van der Waals surface area contributed by atoms with E-state index in [0.717, 1.165) is 6.07 Å². The Labute approximate surface area is 102 Å². The first kappa shape index (κ1) is 13.4. The average Bonchev–Trinajstić information content (AvgIpc) is 2.35. The highest BCUT2D eigenvalue weighted by molar-refractivity contribution is 5.99. The van der Waals surface area contributed by atoms with Crippen molar-refractivity contribution in [1.29, 1.82) is 0 Å². The fourth-order valence-electron chi connectivity index (χ4n) is 1.21. The monoisotopic (exact) mass is 253 g/mol. The molecule has 8 nitrogen and oxygen atoms in total. The van der Waals surface area contributed by atoms with Crippen LogP contribution in [0.1, 0.15) is 10.4 Å². The summed E-state index contributed by atoms with van der Waals surface area (Å²) in [4.78, 5) is 32.3. The highest BCUT2D eigenvalue weighted by Gasteiger charge is 2.20. The van der Waals surface area contributed by atoms with Crippen LogP contribution in [-0.4, -0.2) is 35.4 Å². The van der Waals surface area contributed by atoms with E-state index in [0.29, 0.717) is 0 Å². The van der Waals surface area contributed by atoms with Gasteiger partial charge < -0.3 is 15.7 Å². The Kier molecular flexibility index (Phi) is 4.19. The van der Waals surface area contributed by atoms with Gasteiger partial charge in [-0.1, -0.05) is 6.07 Å². The van der Waals surface area contributed by atoms with Crippen molar-refractivity contribution in [3.05, 3.63) is 33.9 Å². The molecule has 3 N–H and O–H groups in total. The number of aromatic hydroxyl groups is 1. The molecular formula is C10H11N3O5. The van der Waals surface area contributed by atoms with Gasteiger partial charge in [-0.25, -0.2) is 0 Å². The minimum absolute atomic E-state index is 0.256. The summed E-state index contributed by atoms with van der Waals surface area (Å²) in [5, 5.41) is 24.6. The first-order valence-electron chi connectivity index (χ1n) is 4.92. The Bertz CT molecular complexity index is 500. The fourth-order valence-corrected chi connectivity index (χ4v) is 1.21. The maximum Gasteiger partial charge on any atom is 0.311 e. The van der Waals surface area contributed by atoms with Crippen LogP contribution in [0.3, 0.4) is 0 Å². The largest absolute Gasteiger partial charge is 0.502 e. The Morgan fingerprint density at radius 2 is 2.11 bits per heavy atom. The summed E-state index contributed by atoms with van der Waals surface area (Å²) >= 11 is 0. The Morgan fingerprint density at radius 1 is 1.44 bits per heavy atom. The summed E-state index contributed by atoms with van der Waals surface area (Å²) in [6.07, 6.45) is 0. The first-order chi connectivity index (χ1) is 8.47. The molecule has 0 aliphatic heterocycles. The van der Waals surface area contributed by atoms with Gasteiger partial charge in [-0.2, -0.15) is 0 Å². The second kappa shape index (κ2) is 5.62. The number of hydrogen-bond donors (Lipinski definition) is 3. The molecule has 96 valence electrons. The van der Waals surface area contributed by atoms with Crippen molar-refractivity contribution in [2.45, 2.75) is 0 Å². The zero-order valence-corrected chi connectivity index (χ0v) is 9.47. The zero-order valence-electron chi connectivity index (χ0n) is 9.47. The minimum atomic E-state index is -0.801. The summed E-state index contributed by atoms with van der Waals surface area (Å²) in [6.45, 7) is -0.280. The summed E-state index contributed by atoms with van der Waals surface area (Å²) in [7, 11) is 1.40. The van der Waals surface area contributed by atoms with Gasteiger partial charge in [0.2, 0.25) is 11.7 Å². The summed E-state index contributed by atoms with van der Waals surface area (Å²) in [5.74, 6) is -1.91. The molecule has 0 fully saturated rings. The van der Waals surface area contributed by atoms with Crippen LogP contribution in [0.15, 0.2) is 18.2 Å². The number of benzene rings is 1. The van der Waals surface area contributed by atoms with E-state index >= 15 is 0 Å². The molecular weight excluding hydrogens is 242 g/mol. The minimum Gasteiger partial charge on any atom is -0.502 e. The quantitative estimate of drug-likeness (QED) is 0.505. The van der Waals surface area contributed by atoms with Crippen molar-refractivity contribution < 1.29 is 19.6 Å². The van der Waals surface area contributed by atoms with E-state index in [2.05, 4.69) is 10.6 Å². The molecule has 0 saturated heterocycles. The lowest BCUT2D eigenvalue weighted by Gasteiger charge is -2.06. The molecule has 0 spiro atoms. The maximum atomic E-state index is 11.6. The number of phenolic OH excluding ortho intramolecular Hbond substituents is 1. The zero-order chi connectivity index (χ0) is 13.7. The van der Waals surface area contributed by atoms with Gasteiger partial charge >= 0.3 is 5.69 Å². The second-order valence-electron chi connectivity index (χ2n) is 3.29. The summed E-state index contributed by atoms with van der Waals surface area (Å²) < 4.78 is 0. The number of phenols is 1. The third kappa shape index (κ3) is 2.94. The molecule has 0 saturated carbocycles. The lowest BCUT2D eigenvalue weighted by molar-refractivity contribution is -0.385. The van der Waals surface area contributed by atoms with Gasteiger partial charge in [0.15, 0.2) is 0 Å². The molecule has 0 aromatic heterocycles. The van der Waals surface area contributed by atoms with E-state index < -0.39 is 28.2 Å². The predicted molar refractivity (Wildman–Crippen MR) is 61.2 cm³/mol. The number of para-hydroxylation sites is 1. The van der Waals surface area contributed by atoms with Gasteiger partial charge in [-0.05, 0) is 6.07 Å². The van der Waals surface area contributed by atoms with Gasteiger partial charge in [0, 0.05) is 13.1 Å². The summed E-state index contributed by atoms with van der Waals surface area (Å²) in [6, 6.07) is 3.57. The van der Waals surface area contributed by atoms with E-state index in [-0.39, 0.29) is 12.1 Å². The van der Waals surface area contributed by atoms with E-state index in [1.54, 1.807) is 0 Å². The van der Waals surface area contributed by atoms with Gasteiger partial charge in [-0.3, -0.25) is 19.7 Å². The van der Waals surface area contributed by atoms with Crippen molar-refractivity contribution >= 4 is 17.5 Å². The second-order valence-corrected chi connectivity index (χ2v) is 3.29. The van der Waals surface area contributed by atoms with Crippen LogP contribution in [0.2, 0.25) is 0 Å². The van der Waals surface area contributed by atoms with Crippen LogP contribution in [0.5, 0.6) is 5.75 Å². The molecule has 8 heteroatoms. The molecule has 0 heterocycles. The molecule has 0 aliphatic carbocycles. The number of carbonyl (C=O) groups is 2. The van der Waals surface area contributed by atoms with E-state index in [1.807, 2.05) is 0 Å². The van der Waals surface area contributed by atoms with Crippen molar-refractivity contribution in [2.24, 2.45) is 0 Å². The molecule has 2 amide bonds. The molecule has 0 bridgehead atoms. The predicted octanol–water partition coefficient (Wildman–Crippen LogP) is -0.224. The molecule has 18 heavy (non-hydrogen) atoms. The molecule has 1 aromatic rings. The first-order valence-corrected chi connectivity index (χ1v) is 4.92. The van der Waals surface area contributed by atoms with Crippen LogP contribution in [0.25, 0.3) is 0 Å². The number of rotatable bonds is 4. The Balaban J connectivity index is 2.90. The van der Waals surface area contributed by atoms with Crippen molar-refractivity contribution in [3.63, 3.8) is 0 Å².